The van der Waals surface area contributed by atoms with Gasteiger partial charge in [-0.05, 0) is 34.1 Å². The molecule has 1 N–H and O–H groups in total. The van der Waals surface area contributed by atoms with Crippen molar-refractivity contribution in [1.82, 2.24) is 10.4 Å². The van der Waals surface area contributed by atoms with Crippen LogP contribution >= 0.6 is 28.6 Å². The third kappa shape index (κ3) is 3.45. The summed E-state index contributed by atoms with van der Waals surface area (Å²) in [7, 11) is 0. The highest BCUT2D eigenvalue weighted by molar-refractivity contribution is 9.10. The van der Waals surface area contributed by atoms with Crippen molar-refractivity contribution in [2.75, 3.05) is 26.3 Å². The van der Waals surface area contributed by atoms with Gasteiger partial charge >= 0.3 is 0 Å². The zero-order valence-electron chi connectivity index (χ0n) is 9.15. The monoisotopic (exact) mass is 316 g/mol. The smallest absolute Gasteiger partial charge is 0.266 e. The number of carbonyl (C=O) groups excluding carboxylic acids is 1. The lowest BCUT2D eigenvalue weighted by Gasteiger charge is -2.27. The standard InChI is InChI=1S/C11H13BrN2O2S/c12-10-2-1-8(17)7-9(10)11(15)13-14-3-5-16-6-4-14/h1-2,7,17H,3-6H2,(H,13,15). The predicted molar refractivity (Wildman–Crippen MR) is 71.3 cm³/mol. The van der Waals surface area contributed by atoms with E-state index in [0.717, 1.165) is 9.37 Å². The minimum atomic E-state index is -0.130. The molecule has 1 heterocycles. The summed E-state index contributed by atoms with van der Waals surface area (Å²) in [5.74, 6) is -0.130. The van der Waals surface area contributed by atoms with Crippen molar-refractivity contribution in [1.29, 1.82) is 0 Å². The van der Waals surface area contributed by atoms with E-state index >= 15 is 0 Å². The van der Waals surface area contributed by atoms with Crippen LogP contribution < -0.4 is 5.43 Å². The van der Waals surface area contributed by atoms with Crippen LogP contribution in [0.15, 0.2) is 27.6 Å². The molecule has 0 spiro atoms. The molecule has 2 rings (SSSR count). The molecule has 1 aromatic rings. The number of hydrazine groups is 1. The lowest BCUT2D eigenvalue weighted by atomic mass is 10.2. The summed E-state index contributed by atoms with van der Waals surface area (Å²) < 4.78 is 5.98. The number of carbonyl (C=O) groups is 1. The average molecular weight is 317 g/mol. The molecule has 6 heteroatoms. The van der Waals surface area contributed by atoms with Crippen LogP contribution in [0.25, 0.3) is 0 Å². The van der Waals surface area contributed by atoms with Gasteiger partial charge in [0.2, 0.25) is 0 Å². The molecule has 0 bridgehead atoms. The maximum atomic E-state index is 12.0. The van der Waals surface area contributed by atoms with Gasteiger partial charge in [0.1, 0.15) is 0 Å². The number of hydrogen-bond donors (Lipinski definition) is 2. The molecule has 4 nitrogen and oxygen atoms in total. The fraction of sp³-hybridized carbons (Fsp3) is 0.364. The molecule has 1 aliphatic rings. The van der Waals surface area contributed by atoms with Gasteiger partial charge in [-0.2, -0.15) is 0 Å². The molecule has 0 atom stereocenters. The Morgan fingerprint density at radius 3 is 2.82 bits per heavy atom. The summed E-state index contributed by atoms with van der Waals surface area (Å²) >= 11 is 7.59. The summed E-state index contributed by atoms with van der Waals surface area (Å²) in [5.41, 5.74) is 3.44. The maximum Gasteiger partial charge on any atom is 0.266 e. The van der Waals surface area contributed by atoms with Gasteiger partial charge in [0.15, 0.2) is 0 Å². The molecule has 1 amide bonds. The Balaban J connectivity index is 2.05. The van der Waals surface area contributed by atoms with E-state index in [1.807, 2.05) is 17.1 Å². The van der Waals surface area contributed by atoms with Crippen molar-refractivity contribution in [3.63, 3.8) is 0 Å². The second-order valence-electron chi connectivity index (χ2n) is 3.70. The van der Waals surface area contributed by atoms with Gasteiger partial charge in [0.25, 0.3) is 5.91 Å². The number of rotatable bonds is 2. The molecule has 0 aliphatic carbocycles. The molecule has 0 radical (unpaired) electrons. The Morgan fingerprint density at radius 1 is 1.41 bits per heavy atom. The summed E-state index contributed by atoms with van der Waals surface area (Å²) in [5, 5.41) is 1.86. The topological polar surface area (TPSA) is 41.6 Å². The zero-order valence-corrected chi connectivity index (χ0v) is 11.6. The predicted octanol–water partition coefficient (Wildman–Crippen LogP) is 1.71. The number of ether oxygens (including phenoxy) is 1. The van der Waals surface area contributed by atoms with Crippen LogP contribution in [0.3, 0.4) is 0 Å². The molecule has 1 fully saturated rings. The van der Waals surface area contributed by atoms with Crippen LogP contribution in [0.4, 0.5) is 0 Å². The zero-order chi connectivity index (χ0) is 12.3. The normalized spacial score (nSPS) is 16.8. The number of hydrogen-bond acceptors (Lipinski definition) is 4. The van der Waals surface area contributed by atoms with Crippen molar-refractivity contribution in [2.24, 2.45) is 0 Å². The minimum Gasteiger partial charge on any atom is -0.379 e. The second kappa shape index (κ2) is 5.86. The molecule has 0 saturated carbocycles. The number of nitrogens with one attached hydrogen (secondary N) is 1. The minimum absolute atomic E-state index is 0.130. The first kappa shape index (κ1) is 12.9. The van der Waals surface area contributed by atoms with Crippen LogP contribution in [0.5, 0.6) is 0 Å². The van der Waals surface area contributed by atoms with E-state index in [4.69, 9.17) is 4.74 Å². The van der Waals surface area contributed by atoms with E-state index in [9.17, 15) is 4.79 Å². The largest absolute Gasteiger partial charge is 0.379 e. The van der Waals surface area contributed by atoms with Gasteiger partial charge in [-0.1, -0.05) is 0 Å². The lowest BCUT2D eigenvalue weighted by Crippen LogP contribution is -2.48. The third-order valence-corrected chi connectivity index (χ3v) is 3.43. The van der Waals surface area contributed by atoms with Gasteiger partial charge in [-0.15, -0.1) is 12.6 Å². The summed E-state index contributed by atoms with van der Waals surface area (Å²) in [6, 6.07) is 5.39. The molecule has 1 aromatic carbocycles. The van der Waals surface area contributed by atoms with Crippen LogP contribution in [0.2, 0.25) is 0 Å². The molecular formula is C11H13BrN2O2S. The fourth-order valence-electron chi connectivity index (χ4n) is 1.57. The van der Waals surface area contributed by atoms with E-state index in [2.05, 4.69) is 34.0 Å². The van der Waals surface area contributed by atoms with Gasteiger partial charge < -0.3 is 4.74 Å². The Bertz CT molecular complexity index is 422. The first-order chi connectivity index (χ1) is 8.16. The van der Waals surface area contributed by atoms with Crippen LogP contribution in [-0.4, -0.2) is 37.2 Å². The van der Waals surface area contributed by atoms with Gasteiger partial charge in [0.05, 0.1) is 18.8 Å². The van der Waals surface area contributed by atoms with E-state index in [1.54, 1.807) is 6.07 Å². The van der Waals surface area contributed by atoms with E-state index in [0.29, 0.717) is 31.9 Å². The average Bonchev–Trinajstić information content (AvgIpc) is 2.33. The van der Waals surface area contributed by atoms with Crippen molar-refractivity contribution < 1.29 is 9.53 Å². The van der Waals surface area contributed by atoms with E-state index in [-0.39, 0.29) is 5.91 Å². The highest BCUT2D eigenvalue weighted by Gasteiger charge is 2.16. The van der Waals surface area contributed by atoms with Gasteiger partial charge in [-0.25, -0.2) is 5.01 Å². The third-order valence-electron chi connectivity index (χ3n) is 2.47. The molecule has 0 aromatic heterocycles. The quantitative estimate of drug-likeness (QED) is 0.816. The highest BCUT2D eigenvalue weighted by atomic mass is 79.9. The lowest BCUT2D eigenvalue weighted by molar-refractivity contribution is 0.0126. The number of halogens is 1. The van der Waals surface area contributed by atoms with Crippen molar-refractivity contribution >= 4 is 34.5 Å². The second-order valence-corrected chi connectivity index (χ2v) is 5.08. The number of amides is 1. The van der Waals surface area contributed by atoms with Crippen molar-refractivity contribution in [2.45, 2.75) is 4.90 Å². The first-order valence-corrected chi connectivity index (χ1v) is 6.53. The molecule has 1 saturated heterocycles. The summed E-state index contributed by atoms with van der Waals surface area (Å²) in [6.07, 6.45) is 0. The van der Waals surface area contributed by atoms with Crippen LogP contribution in [-0.2, 0) is 4.74 Å². The number of morpholine rings is 1. The molecular weight excluding hydrogens is 304 g/mol. The maximum absolute atomic E-state index is 12.0. The fourth-order valence-corrected chi connectivity index (χ4v) is 2.20. The molecule has 17 heavy (non-hydrogen) atoms. The Morgan fingerprint density at radius 2 is 2.12 bits per heavy atom. The van der Waals surface area contributed by atoms with E-state index in [1.165, 1.54) is 0 Å². The van der Waals surface area contributed by atoms with Crippen LogP contribution in [0.1, 0.15) is 10.4 Å². The Labute approximate surface area is 114 Å². The number of thiol groups is 1. The van der Waals surface area contributed by atoms with Gasteiger partial charge in [-0.3, -0.25) is 10.2 Å². The molecule has 0 unspecified atom stereocenters. The van der Waals surface area contributed by atoms with Crippen LogP contribution in [0, 0.1) is 0 Å². The summed E-state index contributed by atoms with van der Waals surface area (Å²) in [4.78, 5) is 12.8. The summed E-state index contributed by atoms with van der Waals surface area (Å²) in [6.45, 7) is 2.72. The first-order valence-electron chi connectivity index (χ1n) is 5.29. The molecule has 1 aliphatic heterocycles. The van der Waals surface area contributed by atoms with Crippen molar-refractivity contribution in [3.05, 3.63) is 28.2 Å². The molecule has 92 valence electrons. The highest BCUT2D eigenvalue weighted by Crippen LogP contribution is 2.20. The Hall–Kier alpha value is -0.560. The number of nitrogens with zero attached hydrogens (tertiary/aromatic N) is 1. The Kier molecular flexibility index (Phi) is 4.44. The van der Waals surface area contributed by atoms with E-state index < -0.39 is 0 Å². The van der Waals surface area contributed by atoms with Crippen molar-refractivity contribution in [3.8, 4) is 0 Å². The van der Waals surface area contributed by atoms with Gasteiger partial charge in [0, 0.05) is 22.5 Å². The number of benzene rings is 1. The SMILES string of the molecule is O=C(NN1CCOCC1)c1cc(S)ccc1Br.